The number of piperazine rings is 1. The van der Waals surface area contributed by atoms with Crippen LogP contribution in [0.4, 0.5) is 5.69 Å². The molecular formula is C21H19BrN3O4. The molecular weight excluding hydrogens is 438 g/mol. The molecule has 8 heteroatoms. The van der Waals surface area contributed by atoms with Crippen LogP contribution in [0.2, 0.25) is 0 Å². The molecule has 3 rings (SSSR count). The molecule has 0 N–H and O–H groups in total. The van der Waals surface area contributed by atoms with Gasteiger partial charge in [-0.1, -0.05) is 34.1 Å². The highest BCUT2D eigenvalue weighted by Gasteiger charge is 2.22. The van der Waals surface area contributed by atoms with E-state index in [1.165, 1.54) is 19.1 Å². The molecule has 0 spiro atoms. The van der Waals surface area contributed by atoms with E-state index in [0.717, 1.165) is 4.47 Å². The number of carbonyl (C=O) groups excluding carboxylic acids is 2. The van der Waals surface area contributed by atoms with E-state index in [1.54, 1.807) is 46.2 Å². The van der Waals surface area contributed by atoms with E-state index < -0.39 is 4.92 Å². The summed E-state index contributed by atoms with van der Waals surface area (Å²) in [7, 11) is 0. The Morgan fingerprint density at radius 1 is 1.10 bits per heavy atom. The number of halogens is 1. The number of hydrogen-bond acceptors (Lipinski definition) is 4. The van der Waals surface area contributed by atoms with E-state index in [0.29, 0.717) is 42.9 Å². The Morgan fingerprint density at radius 3 is 2.31 bits per heavy atom. The molecule has 2 amide bonds. The number of hydrogen-bond donors (Lipinski definition) is 0. The second kappa shape index (κ2) is 9.00. The molecule has 2 aromatic rings. The van der Waals surface area contributed by atoms with E-state index >= 15 is 0 Å². The molecule has 1 radical (unpaired) electrons. The zero-order valence-corrected chi connectivity index (χ0v) is 17.4. The third kappa shape index (κ3) is 4.89. The van der Waals surface area contributed by atoms with Gasteiger partial charge in [0.15, 0.2) is 0 Å². The summed E-state index contributed by atoms with van der Waals surface area (Å²) in [6.45, 7) is 3.45. The summed E-state index contributed by atoms with van der Waals surface area (Å²) in [4.78, 5) is 38.4. The number of nitro groups is 1. The molecule has 1 aliphatic heterocycles. The predicted molar refractivity (Wildman–Crippen MR) is 113 cm³/mol. The lowest BCUT2D eigenvalue weighted by molar-refractivity contribution is -0.384. The second-order valence-electron chi connectivity index (χ2n) is 6.59. The monoisotopic (exact) mass is 456 g/mol. The van der Waals surface area contributed by atoms with Crippen LogP contribution in [0, 0.1) is 16.2 Å². The van der Waals surface area contributed by atoms with Crippen molar-refractivity contribution in [2.75, 3.05) is 26.2 Å². The molecule has 0 aromatic heterocycles. The maximum absolute atomic E-state index is 12.5. The van der Waals surface area contributed by atoms with Crippen LogP contribution in [0.1, 0.15) is 12.5 Å². The van der Waals surface area contributed by atoms with Gasteiger partial charge in [0.05, 0.1) is 16.6 Å². The first-order chi connectivity index (χ1) is 13.9. The molecule has 149 valence electrons. The first-order valence-electron chi connectivity index (χ1n) is 9.04. The van der Waals surface area contributed by atoms with Gasteiger partial charge in [-0.3, -0.25) is 19.7 Å². The molecule has 29 heavy (non-hydrogen) atoms. The third-order valence-corrected chi connectivity index (χ3v) is 5.29. The van der Waals surface area contributed by atoms with Gasteiger partial charge in [0.25, 0.3) is 5.69 Å². The van der Waals surface area contributed by atoms with Gasteiger partial charge in [-0.25, -0.2) is 0 Å². The number of nitro benzene ring substituents is 1. The Kier molecular flexibility index (Phi) is 6.43. The molecule has 1 saturated heterocycles. The van der Waals surface area contributed by atoms with E-state index in [-0.39, 0.29) is 17.5 Å². The van der Waals surface area contributed by atoms with Gasteiger partial charge >= 0.3 is 0 Å². The summed E-state index contributed by atoms with van der Waals surface area (Å²) in [5.74, 6) is -0.190. The van der Waals surface area contributed by atoms with Crippen molar-refractivity contribution in [1.82, 2.24) is 9.80 Å². The van der Waals surface area contributed by atoms with Crippen LogP contribution in [0.5, 0.6) is 0 Å². The molecule has 0 atom stereocenters. The topological polar surface area (TPSA) is 83.8 Å². The Labute approximate surface area is 176 Å². The Bertz CT molecular complexity index is 964. The van der Waals surface area contributed by atoms with Crippen LogP contribution in [-0.2, 0) is 9.59 Å². The van der Waals surface area contributed by atoms with Crippen LogP contribution in [0.3, 0.4) is 0 Å². The van der Waals surface area contributed by atoms with Crippen molar-refractivity contribution in [3.05, 3.63) is 68.7 Å². The van der Waals surface area contributed by atoms with Gasteiger partial charge in [0.1, 0.15) is 0 Å². The first kappa shape index (κ1) is 20.7. The lowest BCUT2D eigenvalue weighted by Crippen LogP contribution is -2.49. The summed E-state index contributed by atoms with van der Waals surface area (Å²) in [5, 5.41) is 11.5. The average molecular weight is 457 g/mol. The van der Waals surface area contributed by atoms with Crippen molar-refractivity contribution in [2.45, 2.75) is 6.92 Å². The van der Waals surface area contributed by atoms with Gasteiger partial charge in [-0.15, -0.1) is 0 Å². The maximum Gasteiger partial charge on any atom is 0.285 e. The Hall–Kier alpha value is -3.00. The van der Waals surface area contributed by atoms with Gasteiger partial charge in [-0.05, 0) is 35.4 Å². The minimum absolute atomic E-state index is 0.000346. The predicted octanol–water partition coefficient (Wildman–Crippen LogP) is 3.53. The summed E-state index contributed by atoms with van der Waals surface area (Å²) < 4.78 is 0.862. The van der Waals surface area contributed by atoms with Crippen LogP contribution >= 0.6 is 15.9 Å². The van der Waals surface area contributed by atoms with E-state index in [2.05, 4.69) is 22.0 Å². The highest BCUT2D eigenvalue weighted by molar-refractivity contribution is 9.10. The highest BCUT2D eigenvalue weighted by atomic mass is 79.9. The highest BCUT2D eigenvalue weighted by Crippen LogP contribution is 2.34. The fourth-order valence-electron chi connectivity index (χ4n) is 3.21. The number of carbonyl (C=O) groups is 2. The van der Waals surface area contributed by atoms with E-state index in [4.69, 9.17) is 0 Å². The second-order valence-corrected chi connectivity index (χ2v) is 7.50. The van der Waals surface area contributed by atoms with Crippen LogP contribution in [-0.4, -0.2) is 52.7 Å². The largest absolute Gasteiger partial charge is 0.339 e. The van der Waals surface area contributed by atoms with Gasteiger partial charge < -0.3 is 9.80 Å². The van der Waals surface area contributed by atoms with Crippen LogP contribution in [0.15, 0.2) is 46.9 Å². The minimum atomic E-state index is -0.475. The van der Waals surface area contributed by atoms with Crippen LogP contribution in [0.25, 0.3) is 17.2 Å². The summed E-state index contributed by atoms with van der Waals surface area (Å²) in [6.07, 6.45) is 3.02. The standard InChI is InChI=1S/C21H19BrN3O4/c1-15(26)23-11-13-24(14-12-23)20(27)10-7-16-3-2-4-19(25(28)29)21(16)17-5-8-18(22)9-6-17/h2-3,5-10H,11-14H2,1H3/b10-7+. The summed E-state index contributed by atoms with van der Waals surface area (Å²) in [6, 6.07) is 13.0. The maximum atomic E-state index is 12.5. The molecule has 7 nitrogen and oxygen atoms in total. The van der Waals surface area contributed by atoms with E-state index in [9.17, 15) is 19.7 Å². The molecule has 1 aliphatic rings. The average Bonchev–Trinajstić information content (AvgIpc) is 2.72. The van der Waals surface area contributed by atoms with Crippen molar-refractivity contribution < 1.29 is 14.5 Å². The molecule has 2 aromatic carbocycles. The molecule has 0 saturated carbocycles. The van der Waals surface area contributed by atoms with Gasteiger partial charge in [-0.2, -0.15) is 0 Å². The SMILES string of the molecule is CC(=O)N1CCN(C(=O)/C=C/c2cc[c]c([N+](=O)[O-])c2-c2ccc(Br)cc2)CC1. The molecule has 0 bridgehead atoms. The third-order valence-electron chi connectivity index (χ3n) is 4.77. The first-order valence-corrected chi connectivity index (χ1v) is 9.83. The van der Waals surface area contributed by atoms with Crippen molar-refractivity contribution >= 4 is 39.5 Å². The van der Waals surface area contributed by atoms with E-state index in [1.807, 2.05) is 0 Å². The number of nitrogens with zero attached hydrogens (tertiary/aromatic N) is 3. The van der Waals surface area contributed by atoms with Crippen molar-refractivity contribution in [1.29, 1.82) is 0 Å². The fourth-order valence-corrected chi connectivity index (χ4v) is 3.48. The van der Waals surface area contributed by atoms with Crippen molar-refractivity contribution in [3.8, 4) is 11.1 Å². The van der Waals surface area contributed by atoms with Gasteiger partial charge in [0, 0.05) is 43.7 Å². The number of benzene rings is 2. The summed E-state index contributed by atoms with van der Waals surface area (Å²) in [5.41, 5.74) is 1.50. The fraction of sp³-hybridized carbons (Fsp3) is 0.238. The van der Waals surface area contributed by atoms with Crippen LogP contribution < -0.4 is 0 Å². The quantitative estimate of drug-likeness (QED) is 0.400. The van der Waals surface area contributed by atoms with Gasteiger partial charge in [0.2, 0.25) is 11.8 Å². The number of amides is 2. The zero-order valence-electron chi connectivity index (χ0n) is 15.8. The molecule has 0 unspecified atom stereocenters. The lowest BCUT2D eigenvalue weighted by atomic mass is 9.97. The molecule has 1 heterocycles. The Morgan fingerprint density at radius 2 is 1.72 bits per heavy atom. The minimum Gasteiger partial charge on any atom is -0.339 e. The molecule has 1 fully saturated rings. The lowest BCUT2D eigenvalue weighted by Gasteiger charge is -2.33. The Balaban J connectivity index is 1.86. The normalized spacial score (nSPS) is 14.3. The summed E-state index contributed by atoms with van der Waals surface area (Å²) >= 11 is 3.36. The smallest absolute Gasteiger partial charge is 0.285 e. The van der Waals surface area contributed by atoms with Crippen molar-refractivity contribution in [3.63, 3.8) is 0 Å². The zero-order chi connectivity index (χ0) is 21.0. The van der Waals surface area contributed by atoms with Crippen molar-refractivity contribution in [2.24, 2.45) is 0 Å². The number of rotatable bonds is 4. The molecule has 0 aliphatic carbocycles.